The van der Waals surface area contributed by atoms with Gasteiger partial charge in [-0.3, -0.25) is 9.80 Å². The fourth-order valence-corrected chi connectivity index (χ4v) is 5.68. The lowest BCUT2D eigenvalue weighted by molar-refractivity contribution is 0.0216. The standard InChI is InChI=1S/C25H35N3O3S/c1-18-16-28(19(2)15-27(18)17-20-8-9-20)25(22-6-5-7-23(29)14-22)21-10-12-24(13-11-21)32(30,31)26(3)4/h5-7,10-14,18-20,25,29H,8-9,15-17H2,1-4H3. The average molecular weight is 458 g/mol. The second-order valence-electron chi connectivity index (χ2n) is 9.65. The topological polar surface area (TPSA) is 64.1 Å². The molecule has 6 nitrogen and oxygen atoms in total. The van der Waals surface area contributed by atoms with Crippen molar-refractivity contribution < 1.29 is 13.5 Å². The van der Waals surface area contributed by atoms with Crippen molar-refractivity contribution in [3.63, 3.8) is 0 Å². The minimum Gasteiger partial charge on any atom is -0.508 e. The molecule has 1 saturated carbocycles. The Morgan fingerprint density at radius 3 is 2.28 bits per heavy atom. The van der Waals surface area contributed by atoms with Crippen LogP contribution in [0.15, 0.2) is 53.4 Å². The Bertz CT molecular complexity index is 1030. The van der Waals surface area contributed by atoms with E-state index in [0.717, 1.165) is 30.1 Å². The van der Waals surface area contributed by atoms with Crippen molar-refractivity contribution in [2.75, 3.05) is 33.7 Å². The molecule has 1 N–H and O–H groups in total. The predicted molar refractivity (Wildman–Crippen MR) is 127 cm³/mol. The number of hydrogen-bond acceptors (Lipinski definition) is 5. The summed E-state index contributed by atoms with van der Waals surface area (Å²) in [5.74, 6) is 1.11. The van der Waals surface area contributed by atoms with E-state index in [-0.39, 0.29) is 16.7 Å². The molecule has 0 aromatic heterocycles. The number of rotatable bonds is 7. The van der Waals surface area contributed by atoms with E-state index in [1.807, 2.05) is 30.3 Å². The zero-order valence-electron chi connectivity index (χ0n) is 19.5. The number of phenolic OH excluding ortho intramolecular Hbond substituents is 1. The lowest BCUT2D eigenvalue weighted by Gasteiger charge is -2.48. The van der Waals surface area contributed by atoms with E-state index in [0.29, 0.717) is 12.1 Å². The molecular weight excluding hydrogens is 422 g/mol. The first-order valence-electron chi connectivity index (χ1n) is 11.5. The maximum absolute atomic E-state index is 12.5. The van der Waals surface area contributed by atoms with Gasteiger partial charge in [-0.1, -0.05) is 24.3 Å². The molecule has 3 unspecified atom stereocenters. The Balaban J connectivity index is 1.67. The monoisotopic (exact) mass is 457 g/mol. The molecule has 32 heavy (non-hydrogen) atoms. The maximum Gasteiger partial charge on any atom is 0.242 e. The fraction of sp³-hybridized carbons (Fsp3) is 0.520. The first-order valence-corrected chi connectivity index (χ1v) is 12.9. The Kier molecular flexibility index (Phi) is 6.63. The van der Waals surface area contributed by atoms with Crippen LogP contribution in [0.4, 0.5) is 0 Å². The smallest absolute Gasteiger partial charge is 0.242 e. The van der Waals surface area contributed by atoms with Crippen molar-refractivity contribution in [1.29, 1.82) is 0 Å². The summed E-state index contributed by atoms with van der Waals surface area (Å²) in [5.41, 5.74) is 2.05. The highest BCUT2D eigenvalue weighted by Crippen LogP contribution is 2.36. The van der Waals surface area contributed by atoms with Crippen LogP contribution in [-0.2, 0) is 10.0 Å². The minimum absolute atomic E-state index is 0.0567. The first kappa shape index (κ1) is 23.2. The molecule has 2 aromatic carbocycles. The van der Waals surface area contributed by atoms with E-state index < -0.39 is 10.0 Å². The van der Waals surface area contributed by atoms with Gasteiger partial charge in [0.05, 0.1) is 10.9 Å². The molecule has 7 heteroatoms. The van der Waals surface area contributed by atoms with Crippen molar-refractivity contribution in [2.24, 2.45) is 5.92 Å². The van der Waals surface area contributed by atoms with E-state index in [9.17, 15) is 13.5 Å². The largest absolute Gasteiger partial charge is 0.508 e. The number of nitrogens with zero attached hydrogens (tertiary/aromatic N) is 3. The van der Waals surface area contributed by atoms with Crippen molar-refractivity contribution in [3.05, 3.63) is 59.7 Å². The van der Waals surface area contributed by atoms with E-state index in [4.69, 9.17) is 0 Å². The van der Waals surface area contributed by atoms with Gasteiger partial charge in [-0.05, 0) is 68.0 Å². The molecule has 0 spiro atoms. The Hall–Kier alpha value is -1.93. The van der Waals surface area contributed by atoms with E-state index in [2.05, 4.69) is 23.6 Å². The molecule has 174 valence electrons. The summed E-state index contributed by atoms with van der Waals surface area (Å²) in [6, 6.07) is 15.4. The van der Waals surface area contributed by atoms with Crippen molar-refractivity contribution >= 4 is 10.0 Å². The number of phenols is 1. The molecular formula is C25H35N3O3S. The number of benzene rings is 2. The Labute approximate surface area is 192 Å². The average Bonchev–Trinajstić information content (AvgIpc) is 3.56. The zero-order valence-corrected chi connectivity index (χ0v) is 20.3. The normalized spacial score (nSPS) is 24.0. The molecule has 1 saturated heterocycles. The molecule has 1 heterocycles. The van der Waals surface area contributed by atoms with Gasteiger partial charge >= 0.3 is 0 Å². The van der Waals surface area contributed by atoms with Crippen LogP contribution >= 0.6 is 0 Å². The van der Waals surface area contributed by atoms with E-state index >= 15 is 0 Å². The van der Waals surface area contributed by atoms with Gasteiger partial charge in [-0.2, -0.15) is 0 Å². The second kappa shape index (κ2) is 9.14. The predicted octanol–water partition coefficient (Wildman–Crippen LogP) is 3.54. The summed E-state index contributed by atoms with van der Waals surface area (Å²) in [7, 11) is -0.386. The van der Waals surface area contributed by atoms with Gasteiger partial charge in [-0.15, -0.1) is 0 Å². The Morgan fingerprint density at radius 2 is 1.69 bits per heavy atom. The van der Waals surface area contributed by atoms with Crippen LogP contribution in [0.25, 0.3) is 0 Å². The third kappa shape index (κ3) is 4.86. The lowest BCUT2D eigenvalue weighted by Crippen LogP contribution is -2.57. The summed E-state index contributed by atoms with van der Waals surface area (Å²) in [4.78, 5) is 5.40. The zero-order chi connectivity index (χ0) is 23.0. The SMILES string of the molecule is CC1CN(C(c2ccc(S(=O)(=O)N(C)C)cc2)c2cccc(O)c2)C(C)CN1CC1CC1. The van der Waals surface area contributed by atoms with Crippen LogP contribution in [0.5, 0.6) is 5.75 Å². The third-order valence-electron chi connectivity index (χ3n) is 6.84. The molecule has 4 rings (SSSR count). The van der Waals surface area contributed by atoms with Gasteiger partial charge in [0.15, 0.2) is 0 Å². The summed E-state index contributed by atoms with van der Waals surface area (Å²) in [5, 5.41) is 10.2. The van der Waals surface area contributed by atoms with Crippen molar-refractivity contribution in [3.8, 4) is 5.75 Å². The summed E-state index contributed by atoms with van der Waals surface area (Å²) in [6.45, 7) is 7.69. The molecule has 0 bridgehead atoms. The highest BCUT2D eigenvalue weighted by atomic mass is 32.2. The molecule has 0 amide bonds. The molecule has 2 fully saturated rings. The maximum atomic E-state index is 12.5. The summed E-state index contributed by atoms with van der Waals surface area (Å²) < 4.78 is 26.3. The number of piperazine rings is 1. The van der Waals surface area contributed by atoms with Crippen LogP contribution in [0, 0.1) is 5.92 Å². The Morgan fingerprint density at radius 1 is 1.00 bits per heavy atom. The van der Waals surface area contributed by atoms with Crippen LogP contribution in [0.1, 0.15) is 43.9 Å². The molecule has 2 aliphatic rings. The van der Waals surface area contributed by atoms with Gasteiger partial charge in [0.1, 0.15) is 5.75 Å². The van der Waals surface area contributed by atoms with Gasteiger partial charge < -0.3 is 5.11 Å². The van der Waals surface area contributed by atoms with Crippen LogP contribution in [0.3, 0.4) is 0 Å². The molecule has 0 radical (unpaired) electrons. The number of hydrogen-bond donors (Lipinski definition) is 1. The van der Waals surface area contributed by atoms with Crippen LogP contribution < -0.4 is 0 Å². The highest BCUT2D eigenvalue weighted by Gasteiger charge is 2.37. The second-order valence-corrected chi connectivity index (χ2v) is 11.8. The van der Waals surface area contributed by atoms with E-state index in [1.54, 1.807) is 32.3 Å². The highest BCUT2D eigenvalue weighted by molar-refractivity contribution is 7.89. The van der Waals surface area contributed by atoms with Crippen molar-refractivity contribution in [1.82, 2.24) is 14.1 Å². The molecule has 3 atom stereocenters. The number of sulfonamides is 1. The van der Waals surface area contributed by atoms with Gasteiger partial charge in [0.25, 0.3) is 0 Å². The third-order valence-corrected chi connectivity index (χ3v) is 8.67. The molecule has 1 aliphatic carbocycles. The molecule has 2 aromatic rings. The quantitative estimate of drug-likeness (QED) is 0.689. The lowest BCUT2D eigenvalue weighted by atomic mass is 9.93. The number of aromatic hydroxyl groups is 1. The van der Waals surface area contributed by atoms with Gasteiger partial charge in [0.2, 0.25) is 10.0 Å². The van der Waals surface area contributed by atoms with Crippen molar-refractivity contribution in [2.45, 2.75) is 49.7 Å². The summed E-state index contributed by atoms with van der Waals surface area (Å²) >= 11 is 0. The van der Waals surface area contributed by atoms with E-state index in [1.165, 1.54) is 23.7 Å². The van der Waals surface area contributed by atoms with Gasteiger partial charge in [0, 0.05) is 45.8 Å². The fourth-order valence-electron chi connectivity index (χ4n) is 4.77. The van der Waals surface area contributed by atoms with Gasteiger partial charge in [-0.25, -0.2) is 12.7 Å². The summed E-state index contributed by atoms with van der Waals surface area (Å²) in [6.07, 6.45) is 2.71. The molecule has 1 aliphatic heterocycles. The first-order chi connectivity index (χ1) is 15.2. The van der Waals surface area contributed by atoms with Crippen LogP contribution in [-0.4, -0.2) is 73.4 Å². The van der Waals surface area contributed by atoms with Crippen LogP contribution in [0.2, 0.25) is 0 Å². The minimum atomic E-state index is -3.48.